The van der Waals surface area contributed by atoms with Gasteiger partial charge >= 0.3 is 0 Å². The summed E-state index contributed by atoms with van der Waals surface area (Å²) in [5.41, 5.74) is 1.06. The standard InChI is InChI=1S/C14H24N4S/c1-4-15-13-10-16-12(9-17-13)11-18-6-5-14(2,3)19-8-7-18/h9-10H,4-8,11H2,1-3H3,(H,15,17). The van der Waals surface area contributed by atoms with E-state index in [0.717, 1.165) is 37.7 Å². The highest BCUT2D eigenvalue weighted by Crippen LogP contribution is 2.30. The second kappa shape index (κ2) is 6.57. The average molecular weight is 280 g/mol. The SMILES string of the molecule is CCNc1cnc(CN2CCSC(C)(C)CC2)cn1. The van der Waals surface area contributed by atoms with E-state index in [1.54, 1.807) is 0 Å². The van der Waals surface area contributed by atoms with E-state index in [2.05, 4.69) is 52.7 Å². The van der Waals surface area contributed by atoms with Crippen molar-refractivity contribution in [1.82, 2.24) is 14.9 Å². The zero-order chi connectivity index (χ0) is 13.7. The summed E-state index contributed by atoms with van der Waals surface area (Å²) in [5, 5.41) is 3.17. The maximum absolute atomic E-state index is 4.48. The number of rotatable bonds is 4. The molecule has 0 bridgehead atoms. The fraction of sp³-hybridized carbons (Fsp3) is 0.714. The molecule has 1 aromatic heterocycles. The van der Waals surface area contributed by atoms with Crippen molar-refractivity contribution in [3.8, 4) is 0 Å². The van der Waals surface area contributed by atoms with Crippen molar-refractivity contribution >= 4 is 17.6 Å². The Morgan fingerprint density at radius 1 is 1.32 bits per heavy atom. The number of nitrogens with one attached hydrogen (secondary N) is 1. The van der Waals surface area contributed by atoms with Crippen LogP contribution in [0.25, 0.3) is 0 Å². The molecule has 1 N–H and O–H groups in total. The predicted octanol–water partition coefficient (Wildman–Crippen LogP) is 2.63. The average Bonchev–Trinajstić information content (AvgIpc) is 2.54. The van der Waals surface area contributed by atoms with Crippen LogP contribution in [-0.4, -0.2) is 45.0 Å². The lowest BCUT2D eigenvalue weighted by molar-refractivity contribution is 0.273. The van der Waals surface area contributed by atoms with E-state index in [1.807, 2.05) is 12.4 Å². The summed E-state index contributed by atoms with van der Waals surface area (Å²) in [4.78, 5) is 11.4. The topological polar surface area (TPSA) is 41.1 Å². The molecule has 106 valence electrons. The first-order chi connectivity index (χ1) is 9.09. The van der Waals surface area contributed by atoms with Gasteiger partial charge in [-0.25, -0.2) is 4.98 Å². The summed E-state index contributed by atoms with van der Waals surface area (Å²) in [6, 6.07) is 0. The van der Waals surface area contributed by atoms with Gasteiger partial charge in [0, 0.05) is 30.1 Å². The number of aromatic nitrogens is 2. The third kappa shape index (κ3) is 4.66. The molecule has 2 heterocycles. The first kappa shape index (κ1) is 14.6. The molecular formula is C14H24N4S. The van der Waals surface area contributed by atoms with Crippen molar-refractivity contribution in [3.05, 3.63) is 18.1 Å². The predicted molar refractivity (Wildman–Crippen MR) is 82.6 cm³/mol. The van der Waals surface area contributed by atoms with Crippen molar-refractivity contribution < 1.29 is 0 Å². The van der Waals surface area contributed by atoms with E-state index >= 15 is 0 Å². The Morgan fingerprint density at radius 3 is 2.84 bits per heavy atom. The highest BCUT2D eigenvalue weighted by Gasteiger charge is 2.23. The molecule has 0 aliphatic carbocycles. The van der Waals surface area contributed by atoms with Gasteiger partial charge < -0.3 is 5.32 Å². The molecule has 2 rings (SSSR count). The lowest BCUT2D eigenvalue weighted by Gasteiger charge is -2.22. The number of hydrogen-bond acceptors (Lipinski definition) is 5. The molecule has 4 nitrogen and oxygen atoms in total. The van der Waals surface area contributed by atoms with Crippen molar-refractivity contribution in [3.63, 3.8) is 0 Å². The molecule has 1 aliphatic heterocycles. The lowest BCUT2D eigenvalue weighted by Crippen LogP contribution is -2.27. The van der Waals surface area contributed by atoms with Gasteiger partial charge in [0.1, 0.15) is 5.82 Å². The van der Waals surface area contributed by atoms with Crippen molar-refractivity contribution in [1.29, 1.82) is 0 Å². The molecule has 1 aromatic rings. The summed E-state index contributed by atoms with van der Waals surface area (Å²) in [5.74, 6) is 2.06. The minimum atomic E-state index is 0.412. The number of nitrogens with zero attached hydrogens (tertiary/aromatic N) is 3. The largest absolute Gasteiger partial charge is 0.369 e. The van der Waals surface area contributed by atoms with Crippen LogP contribution in [0, 0.1) is 0 Å². The van der Waals surface area contributed by atoms with Crippen LogP contribution >= 0.6 is 11.8 Å². The van der Waals surface area contributed by atoms with Crippen molar-refractivity contribution in [2.45, 2.75) is 38.5 Å². The second-order valence-electron chi connectivity index (χ2n) is 5.56. The Labute approximate surface area is 120 Å². The second-order valence-corrected chi connectivity index (χ2v) is 7.36. The monoisotopic (exact) mass is 280 g/mol. The summed E-state index contributed by atoms with van der Waals surface area (Å²) in [6.07, 6.45) is 4.96. The molecule has 5 heteroatoms. The molecule has 0 atom stereocenters. The number of thioether (sulfide) groups is 1. The highest BCUT2D eigenvalue weighted by molar-refractivity contribution is 8.00. The van der Waals surface area contributed by atoms with Crippen LogP contribution in [-0.2, 0) is 6.54 Å². The Balaban J connectivity index is 1.90. The maximum atomic E-state index is 4.48. The molecule has 1 fully saturated rings. The Bertz CT molecular complexity index is 391. The van der Waals surface area contributed by atoms with E-state index in [4.69, 9.17) is 0 Å². The van der Waals surface area contributed by atoms with Crippen LogP contribution in [0.2, 0.25) is 0 Å². The van der Waals surface area contributed by atoms with Gasteiger partial charge in [-0.05, 0) is 19.9 Å². The van der Waals surface area contributed by atoms with Crippen LogP contribution in [0.1, 0.15) is 32.9 Å². The van der Waals surface area contributed by atoms with Gasteiger partial charge in [-0.1, -0.05) is 13.8 Å². The molecule has 0 spiro atoms. The van der Waals surface area contributed by atoms with Crippen molar-refractivity contribution in [2.24, 2.45) is 0 Å². The summed E-state index contributed by atoms with van der Waals surface area (Å²) in [7, 11) is 0. The third-order valence-corrected chi connectivity index (χ3v) is 4.75. The van der Waals surface area contributed by atoms with E-state index in [-0.39, 0.29) is 0 Å². The maximum Gasteiger partial charge on any atom is 0.144 e. The zero-order valence-corrected chi connectivity index (χ0v) is 13.0. The smallest absolute Gasteiger partial charge is 0.144 e. The molecule has 0 aromatic carbocycles. The van der Waals surface area contributed by atoms with Gasteiger partial charge in [0.2, 0.25) is 0 Å². The fourth-order valence-electron chi connectivity index (χ4n) is 2.16. The van der Waals surface area contributed by atoms with Crippen LogP contribution in [0.4, 0.5) is 5.82 Å². The summed E-state index contributed by atoms with van der Waals surface area (Å²) >= 11 is 2.08. The minimum Gasteiger partial charge on any atom is -0.369 e. The van der Waals surface area contributed by atoms with Gasteiger partial charge in [-0.15, -0.1) is 0 Å². The normalized spacial score (nSPS) is 19.9. The first-order valence-corrected chi connectivity index (χ1v) is 7.99. The van der Waals surface area contributed by atoms with Crippen LogP contribution in [0.5, 0.6) is 0 Å². The molecule has 0 saturated carbocycles. The molecule has 0 radical (unpaired) electrons. The third-order valence-electron chi connectivity index (χ3n) is 3.38. The van der Waals surface area contributed by atoms with E-state index in [9.17, 15) is 0 Å². The lowest BCUT2D eigenvalue weighted by atomic mass is 10.1. The highest BCUT2D eigenvalue weighted by atomic mass is 32.2. The van der Waals surface area contributed by atoms with Crippen molar-refractivity contribution in [2.75, 3.05) is 30.7 Å². The van der Waals surface area contributed by atoms with Crippen LogP contribution < -0.4 is 5.32 Å². The van der Waals surface area contributed by atoms with E-state index < -0.39 is 0 Å². The number of anilines is 1. The fourth-order valence-corrected chi connectivity index (χ4v) is 3.30. The Morgan fingerprint density at radius 2 is 2.16 bits per heavy atom. The van der Waals surface area contributed by atoms with Gasteiger partial charge in [0.15, 0.2) is 0 Å². The number of hydrogen-bond donors (Lipinski definition) is 1. The van der Waals surface area contributed by atoms with Crippen LogP contribution in [0.3, 0.4) is 0 Å². The summed E-state index contributed by atoms with van der Waals surface area (Å²) in [6.45, 7) is 10.8. The van der Waals surface area contributed by atoms with Gasteiger partial charge in [-0.3, -0.25) is 9.88 Å². The van der Waals surface area contributed by atoms with E-state index in [1.165, 1.54) is 12.2 Å². The van der Waals surface area contributed by atoms with E-state index in [0.29, 0.717) is 4.75 Å². The van der Waals surface area contributed by atoms with Gasteiger partial charge in [0.05, 0.1) is 18.1 Å². The Hall–Kier alpha value is -0.810. The first-order valence-electron chi connectivity index (χ1n) is 7.00. The molecule has 1 aliphatic rings. The zero-order valence-electron chi connectivity index (χ0n) is 12.1. The minimum absolute atomic E-state index is 0.412. The van der Waals surface area contributed by atoms with Crippen LogP contribution in [0.15, 0.2) is 12.4 Å². The van der Waals surface area contributed by atoms with Gasteiger partial charge in [0.25, 0.3) is 0 Å². The quantitative estimate of drug-likeness (QED) is 0.918. The molecule has 0 amide bonds. The summed E-state index contributed by atoms with van der Waals surface area (Å²) < 4.78 is 0.412. The molecular weight excluding hydrogens is 256 g/mol. The molecule has 1 saturated heterocycles. The molecule has 0 unspecified atom stereocenters. The van der Waals surface area contributed by atoms with Gasteiger partial charge in [-0.2, -0.15) is 11.8 Å². The molecule has 19 heavy (non-hydrogen) atoms. The Kier molecular flexibility index (Phi) is 5.05.